The molecule has 0 radical (unpaired) electrons. The van der Waals surface area contributed by atoms with Crippen molar-refractivity contribution in [3.8, 4) is 0 Å². The predicted octanol–water partition coefficient (Wildman–Crippen LogP) is 2.65. The third kappa shape index (κ3) is 3.81. The molecular weight excluding hydrogens is 250 g/mol. The molecule has 3 heteroatoms. The molecule has 1 aromatic carbocycles. The molecule has 1 fully saturated rings. The van der Waals surface area contributed by atoms with Crippen LogP contribution in [0.1, 0.15) is 49.8 Å². The lowest BCUT2D eigenvalue weighted by molar-refractivity contribution is 0.000172. The van der Waals surface area contributed by atoms with E-state index < -0.39 is 6.10 Å². The molecule has 0 aliphatic heterocycles. The monoisotopic (exact) mass is 277 g/mol. The molecule has 0 aromatic heterocycles. The first kappa shape index (κ1) is 15.5. The summed E-state index contributed by atoms with van der Waals surface area (Å²) in [6.45, 7) is 5.61. The summed E-state index contributed by atoms with van der Waals surface area (Å²) >= 11 is 0. The molecule has 0 amide bonds. The van der Waals surface area contributed by atoms with Crippen LogP contribution in [-0.2, 0) is 0 Å². The van der Waals surface area contributed by atoms with Gasteiger partial charge in [0.15, 0.2) is 0 Å². The molecule has 0 heterocycles. The molecule has 0 bridgehead atoms. The second kappa shape index (κ2) is 7.21. The van der Waals surface area contributed by atoms with Gasteiger partial charge in [-0.2, -0.15) is 0 Å². The summed E-state index contributed by atoms with van der Waals surface area (Å²) < 4.78 is 0. The van der Waals surface area contributed by atoms with Crippen molar-refractivity contribution in [3.63, 3.8) is 0 Å². The Morgan fingerprint density at radius 2 is 1.85 bits per heavy atom. The first-order valence-electron chi connectivity index (χ1n) is 7.78. The van der Waals surface area contributed by atoms with Crippen molar-refractivity contribution in [2.75, 3.05) is 13.1 Å². The van der Waals surface area contributed by atoms with E-state index in [4.69, 9.17) is 0 Å². The Kier molecular flexibility index (Phi) is 5.58. The number of likely N-dealkylation sites (N-methyl/N-ethyl adjacent to an activating group) is 1. The fraction of sp³-hybridized carbons (Fsp3) is 0.647. The molecule has 0 saturated heterocycles. The molecule has 112 valence electrons. The fourth-order valence-corrected chi connectivity index (χ4v) is 3.13. The van der Waals surface area contributed by atoms with Gasteiger partial charge in [0, 0.05) is 12.6 Å². The van der Waals surface area contributed by atoms with E-state index in [-0.39, 0.29) is 12.1 Å². The third-order valence-electron chi connectivity index (χ3n) is 4.44. The van der Waals surface area contributed by atoms with Crippen LogP contribution >= 0.6 is 0 Å². The normalized spacial score (nSPS) is 24.9. The van der Waals surface area contributed by atoms with Crippen LogP contribution in [0.5, 0.6) is 0 Å². The Morgan fingerprint density at radius 3 is 2.45 bits per heavy atom. The van der Waals surface area contributed by atoms with Gasteiger partial charge in [-0.25, -0.2) is 0 Å². The van der Waals surface area contributed by atoms with Crippen LogP contribution in [0.15, 0.2) is 24.3 Å². The second-order valence-electron chi connectivity index (χ2n) is 5.93. The number of benzene rings is 1. The molecule has 3 nitrogen and oxygen atoms in total. The smallest absolute Gasteiger partial charge is 0.0917 e. The van der Waals surface area contributed by atoms with E-state index in [0.717, 1.165) is 31.4 Å². The quantitative estimate of drug-likeness (QED) is 0.869. The number of aryl methyl sites for hydroxylation is 1. The minimum Gasteiger partial charge on any atom is -0.391 e. The summed E-state index contributed by atoms with van der Waals surface area (Å²) in [7, 11) is 0. The topological polar surface area (TPSA) is 43.7 Å². The van der Waals surface area contributed by atoms with Gasteiger partial charge in [-0.05, 0) is 31.9 Å². The highest BCUT2D eigenvalue weighted by Crippen LogP contribution is 2.25. The standard InChI is InChI=1S/C17H27NO2/c1-3-18(15-6-4-5-7-16(15)19)12-17(20)14-10-8-13(2)9-11-14/h8-11,15-17,19-20H,3-7,12H2,1-2H3. The van der Waals surface area contributed by atoms with Gasteiger partial charge < -0.3 is 10.2 Å². The number of nitrogens with zero attached hydrogens (tertiary/aromatic N) is 1. The van der Waals surface area contributed by atoms with Crippen molar-refractivity contribution in [3.05, 3.63) is 35.4 Å². The third-order valence-corrected chi connectivity index (χ3v) is 4.44. The van der Waals surface area contributed by atoms with Crippen LogP contribution in [0.3, 0.4) is 0 Å². The van der Waals surface area contributed by atoms with Gasteiger partial charge in [-0.3, -0.25) is 4.90 Å². The number of hydrogen-bond acceptors (Lipinski definition) is 3. The molecule has 1 aliphatic carbocycles. The lowest BCUT2D eigenvalue weighted by atomic mass is 9.91. The van der Waals surface area contributed by atoms with Gasteiger partial charge in [0.25, 0.3) is 0 Å². The zero-order chi connectivity index (χ0) is 14.5. The first-order chi connectivity index (χ1) is 9.61. The summed E-state index contributed by atoms with van der Waals surface area (Å²) in [5.41, 5.74) is 2.16. The highest BCUT2D eigenvalue weighted by atomic mass is 16.3. The maximum absolute atomic E-state index is 10.4. The van der Waals surface area contributed by atoms with Crippen molar-refractivity contribution >= 4 is 0 Å². The zero-order valence-electron chi connectivity index (χ0n) is 12.6. The minimum absolute atomic E-state index is 0.203. The Hall–Kier alpha value is -0.900. The Bertz CT molecular complexity index is 404. The maximum atomic E-state index is 10.4. The highest BCUT2D eigenvalue weighted by molar-refractivity contribution is 5.23. The first-order valence-corrected chi connectivity index (χ1v) is 7.78. The Balaban J connectivity index is 1.99. The van der Waals surface area contributed by atoms with E-state index >= 15 is 0 Å². The predicted molar refractivity (Wildman–Crippen MR) is 81.6 cm³/mol. The number of aliphatic hydroxyl groups is 2. The van der Waals surface area contributed by atoms with Gasteiger partial charge in [0.1, 0.15) is 0 Å². The largest absolute Gasteiger partial charge is 0.391 e. The molecule has 1 aliphatic rings. The number of rotatable bonds is 5. The molecule has 1 saturated carbocycles. The lowest BCUT2D eigenvalue weighted by Crippen LogP contribution is -2.46. The van der Waals surface area contributed by atoms with E-state index in [2.05, 4.69) is 11.8 Å². The van der Waals surface area contributed by atoms with Gasteiger partial charge >= 0.3 is 0 Å². The molecule has 3 atom stereocenters. The Labute approximate surface area is 122 Å². The second-order valence-corrected chi connectivity index (χ2v) is 5.93. The molecular formula is C17H27NO2. The van der Waals surface area contributed by atoms with Crippen LogP contribution in [0.4, 0.5) is 0 Å². The molecule has 0 spiro atoms. The van der Waals surface area contributed by atoms with E-state index in [1.807, 2.05) is 31.2 Å². The molecule has 2 N–H and O–H groups in total. The maximum Gasteiger partial charge on any atom is 0.0917 e. The van der Waals surface area contributed by atoms with Crippen LogP contribution in [0.2, 0.25) is 0 Å². The molecule has 20 heavy (non-hydrogen) atoms. The van der Waals surface area contributed by atoms with Gasteiger partial charge in [-0.15, -0.1) is 0 Å². The van der Waals surface area contributed by atoms with Crippen LogP contribution in [0, 0.1) is 6.92 Å². The van der Waals surface area contributed by atoms with Crippen molar-refractivity contribution in [2.45, 2.75) is 57.8 Å². The lowest BCUT2D eigenvalue weighted by Gasteiger charge is -2.38. The van der Waals surface area contributed by atoms with Gasteiger partial charge in [0.05, 0.1) is 12.2 Å². The average Bonchev–Trinajstić information content (AvgIpc) is 2.46. The van der Waals surface area contributed by atoms with E-state index in [0.29, 0.717) is 6.54 Å². The summed E-state index contributed by atoms with van der Waals surface area (Å²) in [6, 6.07) is 8.25. The molecule has 1 aromatic rings. The van der Waals surface area contributed by atoms with E-state index in [1.165, 1.54) is 12.0 Å². The van der Waals surface area contributed by atoms with E-state index in [9.17, 15) is 10.2 Å². The number of hydrogen-bond donors (Lipinski definition) is 2. The van der Waals surface area contributed by atoms with Gasteiger partial charge in [-0.1, -0.05) is 49.6 Å². The Morgan fingerprint density at radius 1 is 1.20 bits per heavy atom. The van der Waals surface area contributed by atoms with Crippen LogP contribution in [0.25, 0.3) is 0 Å². The van der Waals surface area contributed by atoms with Crippen molar-refractivity contribution in [1.82, 2.24) is 4.90 Å². The molecule has 2 rings (SSSR count). The molecule has 3 unspecified atom stereocenters. The summed E-state index contributed by atoms with van der Waals surface area (Å²) in [4.78, 5) is 2.23. The van der Waals surface area contributed by atoms with Crippen LogP contribution < -0.4 is 0 Å². The average molecular weight is 277 g/mol. The van der Waals surface area contributed by atoms with Crippen LogP contribution in [-0.4, -0.2) is 40.3 Å². The van der Waals surface area contributed by atoms with E-state index in [1.54, 1.807) is 0 Å². The highest BCUT2D eigenvalue weighted by Gasteiger charge is 2.29. The number of aliphatic hydroxyl groups excluding tert-OH is 2. The minimum atomic E-state index is -0.482. The summed E-state index contributed by atoms with van der Waals surface area (Å²) in [5.74, 6) is 0. The van der Waals surface area contributed by atoms with Crippen molar-refractivity contribution in [1.29, 1.82) is 0 Å². The zero-order valence-corrected chi connectivity index (χ0v) is 12.6. The van der Waals surface area contributed by atoms with Crippen molar-refractivity contribution in [2.24, 2.45) is 0 Å². The van der Waals surface area contributed by atoms with Gasteiger partial charge in [0.2, 0.25) is 0 Å². The summed E-state index contributed by atoms with van der Waals surface area (Å²) in [6.07, 6.45) is 3.50. The SMILES string of the molecule is CCN(CC(O)c1ccc(C)cc1)C1CCCCC1O. The summed E-state index contributed by atoms with van der Waals surface area (Å²) in [5, 5.41) is 20.6. The fourth-order valence-electron chi connectivity index (χ4n) is 3.13. The van der Waals surface area contributed by atoms with Crippen molar-refractivity contribution < 1.29 is 10.2 Å².